The van der Waals surface area contributed by atoms with E-state index in [4.69, 9.17) is 4.74 Å². The lowest BCUT2D eigenvalue weighted by Crippen LogP contribution is -2.41. The molecule has 1 aromatic heterocycles. The highest BCUT2D eigenvalue weighted by Crippen LogP contribution is 2.40. The quantitative estimate of drug-likeness (QED) is 0.669. The monoisotopic (exact) mass is 451 g/mol. The zero-order valence-corrected chi connectivity index (χ0v) is 19.3. The van der Waals surface area contributed by atoms with Crippen LogP contribution in [-0.4, -0.2) is 54.6 Å². The zero-order valence-electron chi connectivity index (χ0n) is 19.3. The molecule has 1 aliphatic carbocycles. The molecule has 1 N–H and O–H groups in total. The van der Waals surface area contributed by atoms with E-state index < -0.39 is 11.3 Å². The van der Waals surface area contributed by atoms with Gasteiger partial charge in [-0.3, -0.25) is 14.4 Å². The lowest BCUT2D eigenvalue weighted by molar-refractivity contribution is 0.0790. The summed E-state index contributed by atoms with van der Waals surface area (Å²) < 4.78 is 6.87. The molecule has 4 rings (SSSR count). The number of methoxy groups -OCH3 is 1. The van der Waals surface area contributed by atoms with Gasteiger partial charge in [0.1, 0.15) is 11.1 Å². The van der Waals surface area contributed by atoms with Gasteiger partial charge in [0.05, 0.1) is 6.61 Å². The van der Waals surface area contributed by atoms with Gasteiger partial charge in [-0.15, -0.1) is 0 Å². The molecule has 0 bridgehead atoms. The first-order valence-corrected chi connectivity index (χ1v) is 11.9. The molecule has 1 aromatic carbocycles. The van der Waals surface area contributed by atoms with Crippen molar-refractivity contribution in [3.8, 4) is 0 Å². The number of nitrogens with one attached hydrogen (secondary N) is 1. The molecule has 1 aliphatic heterocycles. The lowest BCUT2D eigenvalue weighted by Gasteiger charge is -2.30. The topological polar surface area (TPSA) is 80.6 Å². The Hall–Kier alpha value is -2.93. The first-order chi connectivity index (χ1) is 16.0. The van der Waals surface area contributed by atoms with Crippen molar-refractivity contribution in [3.05, 3.63) is 69.6 Å². The molecule has 7 heteroatoms. The number of ether oxygens (including phenoxy) is 1. The molecule has 2 aliphatic rings. The van der Waals surface area contributed by atoms with Crippen LogP contribution in [0, 0.1) is 0 Å². The van der Waals surface area contributed by atoms with Crippen molar-refractivity contribution >= 4 is 11.8 Å². The second-order valence-corrected chi connectivity index (χ2v) is 9.18. The summed E-state index contributed by atoms with van der Waals surface area (Å²) in [4.78, 5) is 41.2. The van der Waals surface area contributed by atoms with Gasteiger partial charge in [0.2, 0.25) is 5.43 Å². The van der Waals surface area contributed by atoms with E-state index in [-0.39, 0.29) is 22.4 Å². The Morgan fingerprint density at radius 1 is 1.00 bits per heavy atom. The number of hydrogen-bond acceptors (Lipinski definition) is 4. The number of carbonyl (C=O) groups is 2. The smallest absolute Gasteiger partial charge is 0.259 e. The Morgan fingerprint density at radius 2 is 1.67 bits per heavy atom. The fraction of sp³-hybridized carbons (Fsp3) is 0.500. The maximum absolute atomic E-state index is 13.2. The van der Waals surface area contributed by atoms with Crippen molar-refractivity contribution in [2.24, 2.45) is 0 Å². The molecule has 0 radical (unpaired) electrons. The van der Waals surface area contributed by atoms with E-state index in [1.807, 2.05) is 18.2 Å². The number of rotatable bonds is 8. The Bertz CT molecular complexity index is 1040. The highest BCUT2D eigenvalue weighted by molar-refractivity contribution is 5.99. The Morgan fingerprint density at radius 3 is 2.33 bits per heavy atom. The second kappa shape index (κ2) is 10.3. The molecule has 2 amide bonds. The molecule has 0 atom stereocenters. The minimum atomic E-state index is -0.502. The molecule has 0 spiro atoms. The van der Waals surface area contributed by atoms with Crippen LogP contribution in [0.5, 0.6) is 0 Å². The summed E-state index contributed by atoms with van der Waals surface area (Å²) in [5, 5.41) is 3.03. The van der Waals surface area contributed by atoms with Crippen molar-refractivity contribution in [1.82, 2.24) is 14.8 Å². The van der Waals surface area contributed by atoms with E-state index in [9.17, 15) is 14.4 Å². The van der Waals surface area contributed by atoms with Gasteiger partial charge in [0, 0.05) is 51.1 Å². The van der Waals surface area contributed by atoms with Crippen molar-refractivity contribution in [2.75, 3.05) is 33.4 Å². The Labute approximate surface area is 194 Å². The summed E-state index contributed by atoms with van der Waals surface area (Å²) in [6.45, 7) is 2.63. The number of pyridine rings is 1. The third-order valence-corrected chi connectivity index (χ3v) is 7.04. The van der Waals surface area contributed by atoms with Gasteiger partial charge in [0.25, 0.3) is 11.8 Å². The molecule has 2 fully saturated rings. The highest BCUT2D eigenvalue weighted by Gasteiger charge is 2.36. The summed E-state index contributed by atoms with van der Waals surface area (Å²) in [6, 6.07) is 10.3. The Balaban J connectivity index is 1.60. The molecule has 7 nitrogen and oxygen atoms in total. The maximum atomic E-state index is 13.2. The van der Waals surface area contributed by atoms with Crippen LogP contribution < -0.4 is 10.7 Å². The van der Waals surface area contributed by atoms with Crippen LogP contribution in [0.4, 0.5) is 0 Å². The maximum Gasteiger partial charge on any atom is 0.259 e. The van der Waals surface area contributed by atoms with Crippen LogP contribution in [0.3, 0.4) is 0 Å². The van der Waals surface area contributed by atoms with Crippen LogP contribution in [0.2, 0.25) is 0 Å². The average Bonchev–Trinajstić information content (AvgIpc) is 3.55. The lowest BCUT2D eigenvalue weighted by atomic mass is 9.79. The minimum absolute atomic E-state index is 0.0114. The molecular formula is C26H33N3O4. The van der Waals surface area contributed by atoms with Gasteiger partial charge >= 0.3 is 0 Å². The summed E-state index contributed by atoms with van der Waals surface area (Å²) in [5.74, 6) is -0.723. The van der Waals surface area contributed by atoms with E-state index in [2.05, 4.69) is 17.4 Å². The fourth-order valence-corrected chi connectivity index (χ4v) is 5.12. The second-order valence-electron chi connectivity index (χ2n) is 9.18. The van der Waals surface area contributed by atoms with Crippen molar-refractivity contribution in [3.63, 3.8) is 0 Å². The van der Waals surface area contributed by atoms with E-state index in [0.29, 0.717) is 32.8 Å². The average molecular weight is 452 g/mol. The van der Waals surface area contributed by atoms with Gasteiger partial charge in [-0.05, 0) is 31.2 Å². The summed E-state index contributed by atoms with van der Waals surface area (Å²) >= 11 is 0. The number of aromatic nitrogens is 1. The van der Waals surface area contributed by atoms with Crippen LogP contribution in [0.25, 0.3) is 0 Å². The number of hydrogen-bond donors (Lipinski definition) is 1. The molecular weight excluding hydrogens is 418 g/mol. The number of benzene rings is 1. The minimum Gasteiger partial charge on any atom is -0.383 e. The van der Waals surface area contributed by atoms with E-state index >= 15 is 0 Å². The molecule has 33 heavy (non-hydrogen) atoms. The summed E-state index contributed by atoms with van der Waals surface area (Å²) in [6.07, 6.45) is 9.22. The molecule has 1 saturated carbocycles. The van der Waals surface area contributed by atoms with Crippen LogP contribution in [0.1, 0.15) is 64.8 Å². The molecule has 1 saturated heterocycles. The Kier molecular flexibility index (Phi) is 7.28. The third kappa shape index (κ3) is 5.03. The summed E-state index contributed by atoms with van der Waals surface area (Å²) in [7, 11) is 1.59. The van der Waals surface area contributed by atoms with E-state index in [1.165, 1.54) is 5.56 Å². The molecule has 176 valence electrons. The van der Waals surface area contributed by atoms with E-state index in [1.54, 1.807) is 29.0 Å². The number of amides is 2. The zero-order chi connectivity index (χ0) is 23.3. The van der Waals surface area contributed by atoms with Gasteiger partial charge in [0.15, 0.2) is 0 Å². The van der Waals surface area contributed by atoms with Gasteiger partial charge in [-0.25, -0.2) is 0 Å². The van der Waals surface area contributed by atoms with Gasteiger partial charge < -0.3 is 19.5 Å². The molecule has 2 heterocycles. The highest BCUT2D eigenvalue weighted by atomic mass is 16.5. The van der Waals surface area contributed by atoms with Gasteiger partial charge in [-0.2, -0.15) is 0 Å². The normalized spacial score (nSPS) is 17.3. The van der Waals surface area contributed by atoms with Crippen molar-refractivity contribution in [1.29, 1.82) is 0 Å². The first-order valence-electron chi connectivity index (χ1n) is 11.9. The van der Waals surface area contributed by atoms with Crippen LogP contribution >= 0.6 is 0 Å². The van der Waals surface area contributed by atoms with Crippen molar-refractivity contribution in [2.45, 2.75) is 50.5 Å². The molecule has 0 unspecified atom stereocenters. The largest absolute Gasteiger partial charge is 0.383 e. The van der Waals surface area contributed by atoms with Gasteiger partial charge in [-0.1, -0.05) is 43.2 Å². The predicted octanol–water partition coefficient (Wildman–Crippen LogP) is 2.97. The standard InChI is InChI=1S/C26H33N3O4/c1-33-16-15-28-17-21(23(30)22(18-28)25(32)29-13-7-8-14-29)24(31)27-19-26(11-5-6-12-26)20-9-3-2-4-10-20/h2-4,9-10,17-18H,5-8,11-16,19H2,1H3,(H,27,31). The fourth-order valence-electron chi connectivity index (χ4n) is 5.12. The molecule has 2 aromatic rings. The van der Waals surface area contributed by atoms with E-state index in [0.717, 1.165) is 38.5 Å². The van der Waals surface area contributed by atoms with Crippen LogP contribution in [0.15, 0.2) is 47.5 Å². The number of carbonyl (C=O) groups excluding carboxylic acids is 2. The number of nitrogens with zero attached hydrogens (tertiary/aromatic N) is 2. The van der Waals surface area contributed by atoms with Crippen LogP contribution in [-0.2, 0) is 16.7 Å². The van der Waals surface area contributed by atoms with Crippen molar-refractivity contribution < 1.29 is 14.3 Å². The predicted molar refractivity (Wildman–Crippen MR) is 127 cm³/mol. The third-order valence-electron chi connectivity index (χ3n) is 7.04. The summed E-state index contributed by atoms with van der Waals surface area (Å²) in [5.41, 5.74) is 0.669. The SMILES string of the molecule is COCCn1cc(C(=O)NCC2(c3ccccc3)CCCC2)c(=O)c(C(=O)N2CCCC2)c1. The first kappa shape index (κ1) is 23.2. The number of likely N-dealkylation sites (tertiary alicyclic amines) is 1.